The second-order valence-electron chi connectivity index (χ2n) is 5.45. The number of methoxy groups -OCH3 is 1. The predicted molar refractivity (Wildman–Crippen MR) is 97.7 cm³/mol. The van der Waals surface area contributed by atoms with Crippen LogP contribution in [-0.2, 0) is 0 Å². The number of rotatable bonds is 3. The lowest BCUT2D eigenvalue weighted by atomic mass is 10.1. The molecule has 3 N–H and O–H groups in total. The third-order valence-corrected chi connectivity index (χ3v) is 4.19. The Bertz CT molecular complexity index is 1110. The number of H-pyrrole nitrogens is 2. The maximum Gasteiger partial charge on any atom is 0.272 e. The lowest BCUT2D eigenvalue weighted by Crippen LogP contribution is -2.06. The Labute approximate surface area is 142 Å². The third-order valence-electron chi connectivity index (χ3n) is 3.95. The fraction of sp³-hybridized carbons (Fsp3) is 0.0556. The van der Waals surface area contributed by atoms with Gasteiger partial charge < -0.3 is 20.0 Å². The summed E-state index contributed by atoms with van der Waals surface area (Å²) >= 11 is 6.04. The molecule has 0 aliphatic heterocycles. The summed E-state index contributed by atoms with van der Waals surface area (Å²) in [5, 5.41) is 5.73. The van der Waals surface area contributed by atoms with E-state index < -0.39 is 0 Å². The Balaban J connectivity index is 1.95. The molecule has 24 heavy (non-hydrogen) atoms. The van der Waals surface area contributed by atoms with Gasteiger partial charge in [-0.05, 0) is 30.3 Å². The first-order valence-corrected chi connectivity index (χ1v) is 7.77. The van der Waals surface area contributed by atoms with Gasteiger partial charge in [0.15, 0.2) is 0 Å². The number of anilines is 2. The summed E-state index contributed by atoms with van der Waals surface area (Å²) in [6, 6.07) is 13.1. The molecule has 6 heteroatoms. The zero-order chi connectivity index (χ0) is 16.7. The molecular weight excluding hydrogens is 326 g/mol. The van der Waals surface area contributed by atoms with Crippen molar-refractivity contribution in [3.8, 4) is 5.75 Å². The summed E-state index contributed by atoms with van der Waals surface area (Å²) < 4.78 is 5.25. The van der Waals surface area contributed by atoms with Crippen molar-refractivity contribution in [3.05, 3.63) is 64.0 Å². The SMILES string of the molecule is COc1ccc2c(c1)[nH]c1c(=O)[nH]cc(Nc3cccc(Cl)c3)c12. The topological polar surface area (TPSA) is 69.9 Å². The molecule has 0 fully saturated rings. The maximum atomic E-state index is 12.2. The quantitative estimate of drug-likeness (QED) is 0.517. The normalized spacial score (nSPS) is 11.1. The zero-order valence-electron chi connectivity index (χ0n) is 12.8. The number of hydrogen-bond donors (Lipinski definition) is 3. The number of benzene rings is 2. The van der Waals surface area contributed by atoms with Crippen LogP contribution in [0.3, 0.4) is 0 Å². The van der Waals surface area contributed by atoms with Crippen molar-refractivity contribution in [3.63, 3.8) is 0 Å². The monoisotopic (exact) mass is 339 g/mol. The lowest BCUT2D eigenvalue weighted by molar-refractivity contribution is 0.415. The largest absolute Gasteiger partial charge is 0.497 e. The Hall–Kier alpha value is -2.92. The van der Waals surface area contributed by atoms with E-state index in [1.165, 1.54) is 0 Å². The molecule has 2 aromatic heterocycles. The standard InChI is InChI=1S/C18H14ClN3O2/c1-24-12-5-6-13-14(8-12)22-17-16(13)15(9-20-18(17)23)21-11-4-2-3-10(19)7-11/h2-9,21-22H,1H3,(H,20,23). The van der Waals surface area contributed by atoms with Crippen molar-refractivity contribution in [1.29, 1.82) is 0 Å². The van der Waals surface area contributed by atoms with Crippen LogP contribution in [0.5, 0.6) is 5.75 Å². The molecule has 2 aromatic carbocycles. The van der Waals surface area contributed by atoms with Gasteiger partial charge in [-0.3, -0.25) is 4.79 Å². The van der Waals surface area contributed by atoms with Gasteiger partial charge in [0.2, 0.25) is 0 Å². The van der Waals surface area contributed by atoms with Crippen molar-refractivity contribution in [1.82, 2.24) is 9.97 Å². The van der Waals surface area contributed by atoms with Crippen molar-refractivity contribution in [2.45, 2.75) is 0 Å². The Morgan fingerprint density at radius 3 is 2.83 bits per heavy atom. The van der Waals surface area contributed by atoms with Gasteiger partial charge in [0, 0.05) is 33.7 Å². The Morgan fingerprint density at radius 2 is 2.04 bits per heavy atom. The second kappa shape index (κ2) is 5.62. The molecular formula is C18H14ClN3O2. The highest BCUT2D eigenvalue weighted by molar-refractivity contribution is 6.30. The molecule has 0 bridgehead atoms. The number of aromatic nitrogens is 2. The van der Waals surface area contributed by atoms with Crippen molar-refractivity contribution >= 4 is 44.8 Å². The van der Waals surface area contributed by atoms with Gasteiger partial charge in [-0.1, -0.05) is 17.7 Å². The van der Waals surface area contributed by atoms with Gasteiger partial charge >= 0.3 is 0 Å². The predicted octanol–water partition coefficient (Wildman–Crippen LogP) is 4.42. The number of halogens is 1. The van der Waals surface area contributed by atoms with Crippen LogP contribution < -0.4 is 15.6 Å². The second-order valence-corrected chi connectivity index (χ2v) is 5.89. The van der Waals surface area contributed by atoms with Crippen LogP contribution >= 0.6 is 11.6 Å². The molecule has 0 aliphatic rings. The number of fused-ring (bicyclic) bond motifs is 3. The molecule has 0 saturated carbocycles. The molecule has 5 nitrogen and oxygen atoms in total. The van der Waals surface area contributed by atoms with E-state index in [1.807, 2.05) is 42.5 Å². The Kier molecular flexibility index (Phi) is 3.43. The molecule has 0 radical (unpaired) electrons. The van der Waals surface area contributed by atoms with E-state index in [0.29, 0.717) is 10.5 Å². The average molecular weight is 340 g/mol. The van der Waals surface area contributed by atoms with Gasteiger partial charge in [-0.2, -0.15) is 0 Å². The Morgan fingerprint density at radius 1 is 1.17 bits per heavy atom. The number of hydrogen-bond acceptors (Lipinski definition) is 3. The van der Waals surface area contributed by atoms with Gasteiger partial charge in [-0.15, -0.1) is 0 Å². The van der Waals surface area contributed by atoms with Gasteiger partial charge in [0.25, 0.3) is 5.56 Å². The van der Waals surface area contributed by atoms with Gasteiger partial charge in [-0.25, -0.2) is 0 Å². The zero-order valence-corrected chi connectivity index (χ0v) is 13.6. The van der Waals surface area contributed by atoms with Crippen LogP contribution in [0.25, 0.3) is 21.8 Å². The van der Waals surface area contributed by atoms with Gasteiger partial charge in [0.05, 0.1) is 18.3 Å². The van der Waals surface area contributed by atoms with Crippen LogP contribution in [-0.4, -0.2) is 17.1 Å². The fourth-order valence-electron chi connectivity index (χ4n) is 2.86. The molecule has 0 spiro atoms. The van der Waals surface area contributed by atoms with E-state index in [9.17, 15) is 4.79 Å². The molecule has 2 heterocycles. The molecule has 0 saturated heterocycles. The lowest BCUT2D eigenvalue weighted by Gasteiger charge is -2.08. The summed E-state index contributed by atoms with van der Waals surface area (Å²) in [5.41, 5.74) is 2.83. The number of ether oxygens (including phenoxy) is 1. The summed E-state index contributed by atoms with van der Waals surface area (Å²) in [5.74, 6) is 0.731. The highest BCUT2D eigenvalue weighted by Crippen LogP contribution is 2.33. The van der Waals surface area contributed by atoms with Crippen LogP contribution in [0.15, 0.2) is 53.5 Å². The van der Waals surface area contributed by atoms with E-state index >= 15 is 0 Å². The summed E-state index contributed by atoms with van der Waals surface area (Å²) in [6.45, 7) is 0. The van der Waals surface area contributed by atoms with Crippen molar-refractivity contribution in [2.75, 3.05) is 12.4 Å². The molecule has 0 amide bonds. The highest BCUT2D eigenvalue weighted by Gasteiger charge is 2.13. The first-order chi connectivity index (χ1) is 11.7. The molecule has 0 aliphatic carbocycles. The minimum atomic E-state index is -0.170. The van der Waals surface area contributed by atoms with Crippen LogP contribution in [0.1, 0.15) is 0 Å². The van der Waals surface area contributed by atoms with Gasteiger partial charge in [0.1, 0.15) is 11.3 Å². The van der Waals surface area contributed by atoms with Crippen molar-refractivity contribution < 1.29 is 4.74 Å². The first kappa shape index (κ1) is 14.7. The van der Waals surface area contributed by atoms with Crippen LogP contribution in [0.2, 0.25) is 5.02 Å². The van der Waals surface area contributed by atoms with Crippen LogP contribution in [0.4, 0.5) is 11.4 Å². The summed E-state index contributed by atoms with van der Waals surface area (Å²) in [6.07, 6.45) is 1.67. The van der Waals surface area contributed by atoms with E-state index in [0.717, 1.165) is 33.4 Å². The summed E-state index contributed by atoms with van der Waals surface area (Å²) in [7, 11) is 1.61. The van der Waals surface area contributed by atoms with Crippen molar-refractivity contribution in [2.24, 2.45) is 0 Å². The molecule has 4 aromatic rings. The number of pyridine rings is 1. The van der Waals surface area contributed by atoms with E-state index in [-0.39, 0.29) is 5.56 Å². The fourth-order valence-corrected chi connectivity index (χ4v) is 3.05. The highest BCUT2D eigenvalue weighted by atomic mass is 35.5. The average Bonchev–Trinajstić information content (AvgIpc) is 2.97. The minimum Gasteiger partial charge on any atom is -0.497 e. The maximum absolute atomic E-state index is 12.2. The molecule has 0 atom stereocenters. The molecule has 0 unspecified atom stereocenters. The van der Waals surface area contributed by atoms with E-state index in [1.54, 1.807) is 13.3 Å². The summed E-state index contributed by atoms with van der Waals surface area (Å²) in [4.78, 5) is 18.1. The van der Waals surface area contributed by atoms with Crippen LogP contribution in [0, 0.1) is 0 Å². The smallest absolute Gasteiger partial charge is 0.272 e. The van der Waals surface area contributed by atoms with E-state index in [4.69, 9.17) is 16.3 Å². The first-order valence-electron chi connectivity index (χ1n) is 7.39. The third kappa shape index (κ3) is 2.39. The minimum absolute atomic E-state index is 0.170. The number of nitrogens with one attached hydrogen (secondary N) is 3. The molecule has 120 valence electrons. The molecule has 4 rings (SSSR count). The van der Waals surface area contributed by atoms with E-state index in [2.05, 4.69) is 15.3 Å². The number of aromatic amines is 2.